The van der Waals surface area contributed by atoms with Gasteiger partial charge in [-0.05, 0) is 17.5 Å². The topological polar surface area (TPSA) is 23.8 Å². The molecule has 0 aliphatic rings. The molecule has 1 aromatic rings. The van der Waals surface area contributed by atoms with Crippen LogP contribution in [0, 0.1) is 11.3 Å². The van der Waals surface area contributed by atoms with E-state index < -0.39 is 6.67 Å². The maximum Gasteiger partial charge on any atom is 0.115 e. The van der Waals surface area contributed by atoms with Crippen molar-refractivity contribution in [3.63, 3.8) is 0 Å². The molecule has 0 radical (unpaired) electrons. The minimum atomic E-state index is -0.418. The molecule has 0 spiro atoms. The Morgan fingerprint density at radius 3 is 2.25 bits per heavy atom. The number of hydrogen-bond donors (Lipinski definition) is 0. The number of alkyl halides is 1. The Hall–Kier alpha value is -1.36. The molecule has 0 fully saturated rings. The molecule has 1 rings (SSSR count). The molecule has 62 valence electrons. The summed E-state index contributed by atoms with van der Waals surface area (Å²) in [5, 5.41) is 8.32. The molecule has 12 heavy (non-hydrogen) atoms. The lowest BCUT2D eigenvalue weighted by Gasteiger charge is -1.97. The Balaban J connectivity index is 2.60. The monoisotopic (exact) mass is 163 g/mol. The summed E-state index contributed by atoms with van der Waals surface area (Å²) in [6.07, 6.45) is 1.28. The quantitative estimate of drug-likeness (QED) is 0.671. The summed E-state index contributed by atoms with van der Waals surface area (Å²) in [7, 11) is 0. The molecule has 0 saturated carbocycles. The minimum Gasteiger partial charge on any atom is -0.246 e. The molecule has 1 nitrogen and oxygen atoms in total. The smallest absolute Gasteiger partial charge is 0.115 e. The Labute approximate surface area is 71.4 Å². The molecule has 2 heteroatoms. The van der Waals surface area contributed by atoms with Crippen LogP contribution >= 0.6 is 0 Å². The van der Waals surface area contributed by atoms with Gasteiger partial charge in [0, 0.05) is 6.42 Å². The first-order valence-electron chi connectivity index (χ1n) is 3.87. The van der Waals surface area contributed by atoms with E-state index in [1.807, 2.05) is 12.1 Å². The highest BCUT2D eigenvalue weighted by Gasteiger charge is 1.93. The van der Waals surface area contributed by atoms with E-state index in [0.717, 1.165) is 12.0 Å². The zero-order chi connectivity index (χ0) is 8.81. The van der Waals surface area contributed by atoms with Crippen LogP contribution in [0.15, 0.2) is 24.3 Å². The van der Waals surface area contributed by atoms with E-state index >= 15 is 0 Å². The fraction of sp³-hybridized carbons (Fsp3) is 0.300. The molecule has 0 bridgehead atoms. The van der Waals surface area contributed by atoms with Crippen molar-refractivity contribution < 1.29 is 4.39 Å². The summed E-state index contributed by atoms with van der Waals surface area (Å²) in [6, 6.07) is 9.32. The highest BCUT2D eigenvalue weighted by molar-refractivity contribution is 5.22. The van der Waals surface area contributed by atoms with E-state index in [4.69, 9.17) is 5.26 Å². The number of benzene rings is 1. The van der Waals surface area contributed by atoms with Crippen LogP contribution in [-0.2, 0) is 13.1 Å². The summed E-state index contributed by atoms with van der Waals surface area (Å²) >= 11 is 0. The summed E-state index contributed by atoms with van der Waals surface area (Å²) in [4.78, 5) is 0. The average Bonchev–Trinajstić information content (AvgIpc) is 2.15. The molecule has 0 amide bonds. The second kappa shape index (κ2) is 4.50. The van der Waals surface area contributed by atoms with E-state index in [-0.39, 0.29) is 0 Å². The summed E-state index contributed by atoms with van der Waals surface area (Å²) < 4.78 is 12.1. The lowest BCUT2D eigenvalue weighted by molar-refractivity contribution is 0.485. The number of aryl methyl sites for hydroxylation is 1. The van der Waals surface area contributed by atoms with Crippen molar-refractivity contribution in [2.24, 2.45) is 0 Å². The molecular formula is C10H10FN. The van der Waals surface area contributed by atoms with Gasteiger partial charge < -0.3 is 0 Å². The molecule has 0 saturated heterocycles. The number of nitriles is 1. The van der Waals surface area contributed by atoms with E-state index in [2.05, 4.69) is 6.07 Å². The molecule has 0 unspecified atom stereocenters. The lowest BCUT2D eigenvalue weighted by atomic mass is 10.1. The van der Waals surface area contributed by atoms with Gasteiger partial charge >= 0.3 is 0 Å². The van der Waals surface area contributed by atoms with Gasteiger partial charge in [-0.1, -0.05) is 24.3 Å². The summed E-state index contributed by atoms with van der Waals surface area (Å²) in [5.74, 6) is 0. The number of halogens is 1. The Bertz CT molecular complexity index is 271. The molecule has 0 aliphatic heterocycles. The van der Waals surface area contributed by atoms with Crippen LogP contribution < -0.4 is 0 Å². The van der Waals surface area contributed by atoms with Gasteiger partial charge in [0.1, 0.15) is 6.67 Å². The molecular weight excluding hydrogens is 153 g/mol. The van der Waals surface area contributed by atoms with Gasteiger partial charge in [0.05, 0.1) is 6.07 Å². The zero-order valence-electron chi connectivity index (χ0n) is 6.76. The maximum absolute atomic E-state index is 12.1. The van der Waals surface area contributed by atoms with E-state index in [1.165, 1.54) is 0 Å². The van der Waals surface area contributed by atoms with Gasteiger partial charge in [0.2, 0.25) is 0 Å². The highest BCUT2D eigenvalue weighted by atomic mass is 19.1. The number of rotatable bonds is 3. The van der Waals surface area contributed by atoms with Gasteiger partial charge in [-0.15, -0.1) is 0 Å². The van der Waals surface area contributed by atoms with Gasteiger partial charge in [0.25, 0.3) is 0 Å². The van der Waals surface area contributed by atoms with Crippen LogP contribution in [0.4, 0.5) is 4.39 Å². The van der Waals surface area contributed by atoms with Crippen molar-refractivity contribution in [2.75, 3.05) is 0 Å². The predicted octanol–water partition coefficient (Wildman–Crippen LogP) is 2.61. The Morgan fingerprint density at radius 1 is 1.17 bits per heavy atom. The SMILES string of the molecule is N#CCCc1ccc(CF)cc1. The van der Waals surface area contributed by atoms with E-state index in [0.29, 0.717) is 12.0 Å². The van der Waals surface area contributed by atoms with Crippen molar-refractivity contribution in [1.82, 2.24) is 0 Å². The Morgan fingerprint density at radius 2 is 1.75 bits per heavy atom. The molecule has 0 aromatic heterocycles. The first-order chi connectivity index (χ1) is 5.86. The largest absolute Gasteiger partial charge is 0.246 e. The fourth-order valence-electron chi connectivity index (χ4n) is 0.995. The maximum atomic E-state index is 12.1. The van der Waals surface area contributed by atoms with Gasteiger partial charge in [0.15, 0.2) is 0 Å². The van der Waals surface area contributed by atoms with Gasteiger partial charge in [-0.3, -0.25) is 0 Å². The summed E-state index contributed by atoms with van der Waals surface area (Å²) in [5.41, 5.74) is 1.78. The second-order valence-electron chi connectivity index (χ2n) is 2.61. The third-order valence-corrected chi connectivity index (χ3v) is 1.70. The van der Waals surface area contributed by atoms with E-state index in [9.17, 15) is 4.39 Å². The zero-order valence-corrected chi connectivity index (χ0v) is 6.76. The second-order valence-corrected chi connectivity index (χ2v) is 2.61. The standard InChI is InChI=1S/C10H10FN/c11-8-10-5-3-9(4-6-10)2-1-7-12/h3-6H,1-2,8H2. The lowest BCUT2D eigenvalue weighted by Crippen LogP contribution is -1.84. The Kier molecular flexibility index (Phi) is 3.28. The normalized spacial score (nSPS) is 9.33. The number of nitrogens with zero attached hydrogens (tertiary/aromatic N) is 1. The van der Waals surface area contributed by atoms with Crippen molar-refractivity contribution in [3.8, 4) is 6.07 Å². The predicted molar refractivity (Wildman–Crippen MR) is 45.2 cm³/mol. The van der Waals surface area contributed by atoms with Crippen molar-refractivity contribution >= 4 is 0 Å². The van der Waals surface area contributed by atoms with Crippen LogP contribution in [0.2, 0.25) is 0 Å². The van der Waals surface area contributed by atoms with Gasteiger partial charge in [-0.2, -0.15) is 5.26 Å². The molecule has 0 heterocycles. The third-order valence-electron chi connectivity index (χ3n) is 1.70. The first kappa shape index (κ1) is 8.73. The van der Waals surface area contributed by atoms with Crippen molar-refractivity contribution in [1.29, 1.82) is 5.26 Å². The van der Waals surface area contributed by atoms with Crippen LogP contribution in [0.1, 0.15) is 17.5 Å². The molecule has 0 atom stereocenters. The highest BCUT2D eigenvalue weighted by Crippen LogP contribution is 2.07. The van der Waals surface area contributed by atoms with Gasteiger partial charge in [-0.25, -0.2) is 4.39 Å². The fourth-order valence-corrected chi connectivity index (χ4v) is 0.995. The minimum absolute atomic E-state index is 0.418. The van der Waals surface area contributed by atoms with E-state index in [1.54, 1.807) is 12.1 Å². The summed E-state index contributed by atoms with van der Waals surface area (Å²) in [6.45, 7) is -0.418. The molecule has 0 N–H and O–H groups in total. The number of hydrogen-bond acceptors (Lipinski definition) is 1. The van der Waals surface area contributed by atoms with Crippen LogP contribution in [0.5, 0.6) is 0 Å². The third kappa shape index (κ3) is 2.35. The van der Waals surface area contributed by atoms with Crippen molar-refractivity contribution in [3.05, 3.63) is 35.4 Å². The average molecular weight is 163 g/mol. The van der Waals surface area contributed by atoms with Crippen LogP contribution in [-0.4, -0.2) is 0 Å². The molecule has 1 aromatic carbocycles. The van der Waals surface area contributed by atoms with Crippen molar-refractivity contribution in [2.45, 2.75) is 19.5 Å². The van der Waals surface area contributed by atoms with Crippen LogP contribution in [0.3, 0.4) is 0 Å². The molecule has 0 aliphatic carbocycles. The van der Waals surface area contributed by atoms with Crippen LogP contribution in [0.25, 0.3) is 0 Å². The first-order valence-corrected chi connectivity index (χ1v) is 3.87.